The van der Waals surface area contributed by atoms with Crippen molar-refractivity contribution in [2.75, 3.05) is 6.61 Å². The highest BCUT2D eigenvalue weighted by atomic mass is 32.2. The molecule has 1 N–H and O–H groups in total. The Morgan fingerprint density at radius 3 is 2.18 bits per heavy atom. The van der Waals surface area contributed by atoms with Crippen LogP contribution < -0.4 is 5.32 Å². The molecule has 0 atom stereocenters. The van der Waals surface area contributed by atoms with Gasteiger partial charge in [-0.05, 0) is 63.2 Å². The number of alkyl carbamates (subject to hydrolysis) is 1. The predicted molar refractivity (Wildman–Crippen MR) is 163 cm³/mol. The monoisotopic (exact) mass is 610 g/mol. The van der Waals surface area contributed by atoms with Crippen LogP contribution in [-0.2, 0) is 17.5 Å². The van der Waals surface area contributed by atoms with E-state index in [1.807, 2.05) is 48.5 Å². The number of rotatable bonds is 8. The summed E-state index contributed by atoms with van der Waals surface area (Å²) >= 11 is 0.738. The Balaban J connectivity index is 1.29. The molecule has 1 aliphatic carbocycles. The van der Waals surface area contributed by atoms with Gasteiger partial charge in [0.15, 0.2) is 6.29 Å². The van der Waals surface area contributed by atoms with Crippen LogP contribution in [0.1, 0.15) is 38.5 Å². The van der Waals surface area contributed by atoms with Gasteiger partial charge in [0.05, 0.1) is 5.56 Å². The van der Waals surface area contributed by atoms with Crippen LogP contribution in [-0.4, -0.2) is 24.0 Å². The summed E-state index contributed by atoms with van der Waals surface area (Å²) in [4.78, 5) is 28.6. The van der Waals surface area contributed by atoms with Gasteiger partial charge in [-0.1, -0.05) is 90.6 Å². The molecule has 220 valence electrons. The quantitative estimate of drug-likeness (QED) is 0.178. The zero-order chi connectivity index (χ0) is 30.7. The molecule has 0 saturated heterocycles. The number of carbonyl (C=O) groups excluding carboxylic acids is 2. The highest BCUT2D eigenvalue weighted by Crippen LogP contribution is 2.45. The van der Waals surface area contributed by atoms with Crippen LogP contribution in [0.3, 0.4) is 0 Å². The maximum Gasteiger partial charge on any atom is 0.417 e. The van der Waals surface area contributed by atoms with Gasteiger partial charge in [-0.15, -0.1) is 0 Å². The molecule has 0 saturated carbocycles. The minimum absolute atomic E-state index is 0.0654. The number of ether oxygens (including phenoxy) is 1. The van der Waals surface area contributed by atoms with E-state index in [-0.39, 0.29) is 40.1 Å². The topological polar surface area (TPSA) is 68.3 Å². The number of nitrogens with zero attached hydrogens (tertiary/aromatic N) is 1. The number of benzene rings is 4. The van der Waals surface area contributed by atoms with Crippen LogP contribution in [0.25, 0.3) is 22.3 Å². The van der Waals surface area contributed by atoms with Gasteiger partial charge in [-0.3, -0.25) is 4.79 Å². The number of carbonyl (C=O) groups is 2. The number of halogens is 3. The molecule has 0 fully saturated rings. The number of hydrogen-bond donors (Lipinski definition) is 1. The van der Waals surface area contributed by atoms with Crippen molar-refractivity contribution in [2.45, 2.75) is 28.6 Å². The van der Waals surface area contributed by atoms with Crippen LogP contribution in [0.2, 0.25) is 0 Å². The fraction of sp³-hybridized carbons (Fsp3) is 0.114. The van der Waals surface area contributed by atoms with Gasteiger partial charge in [0.1, 0.15) is 11.6 Å². The van der Waals surface area contributed by atoms with Crippen molar-refractivity contribution in [3.8, 4) is 22.3 Å². The summed E-state index contributed by atoms with van der Waals surface area (Å²) in [5.74, 6) is -0.163. The Morgan fingerprint density at radius 2 is 1.52 bits per heavy atom. The van der Waals surface area contributed by atoms with E-state index in [9.17, 15) is 22.8 Å². The molecule has 1 aromatic heterocycles. The molecule has 44 heavy (non-hydrogen) atoms. The van der Waals surface area contributed by atoms with Gasteiger partial charge in [0.25, 0.3) is 0 Å². The predicted octanol–water partition coefficient (Wildman–Crippen LogP) is 8.77. The molecular formula is C35H25F3N2O3S. The standard InChI is InChI=1S/C35H25F3N2O3S/c36-35(37,38)31-18-24(22-9-2-1-3-10-22)17-25(32(31)44-33-23(20-41)11-8-16-39-33)19-40-34(42)43-21-30-28-14-6-4-12-26(28)27-13-5-7-15-29(27)30/h1-18,20,30H,19,21H2,(H,40,42). The lowest BCUT2D eigenvalue weighted by atomic mass is 9.98. The summed E-state index contributed by atoms with van der Waals surface area (Å²) in [5, 5.41) is 2.78. The van der Waals surface area contributed by atoms with E-state index in [4.69, 9.17) is 4.74 Å². The fourth-order valence-corrected chi connectivity index (χ4v) is 6.53. The summed E-state index contributed by atoms with van der Waals surface area (Å²) in [7, 11) is 0. The van der Waals surface area contributed by atoms with E-state index >= 15 is 0 Å². The van der Waals surface area contributed by atoms with Crippen LogP contribution in [0.15, 0.2) is 119 Å². The molecule has 0 aliphatic heterocycles. The van der Waals surface area contributed by atoms with Crippen LogP contribution >= 0.6 is 11.8 Å². The van der Waals surface area contributed by atoms with Crippen molar-refractivity contribution >= 4 is 24.1 Å². The van der Waals surface area contributed by atoms with E-state index in [1.165, 1.54) is 18.3 Å². The van der Waals surface area contributed by atoms with Crippen molar-refractivity contribution in [3.63, 3.8) is 0 Å². The first-order valence-corrected chi connectivity index (χ1v) is 14.6. The SMILES string of the molecule is O=Cc1cccnc1Sc1c(CNC(=O)OCC2c3ccccc3-c3ccccc32)cc(-c2ccccc2)cc1C(F)(F)F. The lowest BCUT2D eigenvalue weighted by molar-refractivity contribution is -0.139. The third kappa shape index (κ3) is 5.96. The lowest BCUT2D eigenvalue weighted by Gasteiger charge is -2.20. The molecule has 5 aromatic rings. The van der Waals surface area contributed by atoms with Gasteiger partial charge in [-0.2, -0.15) is 13.2 Å². The number of hydrogen-bond acceptors (Lipinski definition) is 5. The molecule has 6 rings (SSSR count). The largest absolute Gasteiger partial charge is 0.449 e. The Morgan fingerprint density at radius 1 is 0.864 bits per heavy atom. The number of pyridine rings is 1. The maximum atomic E-state index is 14.5. The van der Waals surface area contributed by atoms with E-state index in [2.05, 4.69) is 10.3 Å². The smallest absolute Gasteiger partial charge is 0.417 e. The summed E-state index contributed by atoms with van der Waals surface area (Å²) in [6, 6.07) is 30.3. The normalized spacial score (nSPS) is 12.3. The van der Waals surface area contributed by atoms with E-state index in [0.717, 1.165) is 40.1 Å². The second-order valence-electron chi connectivity index (χ2n) is 10.2. The second-order valence-corrected chi connectivity index (χ2v) is 11.2. The molecule has 0 bridgehead atoms. The Hall–Kier alpha value is -4.89. The van der Waals surface area contributed by atoms with Crippen molar-refractivity contribution < 1.29 is 27.5 Å². The molecule has 9 heteroatoms. The third-order valence-corrected chi connectivity index (χ3v) is 8.69. The first kappa shape index (κ1) is 29.2. The van der Waals surface area contributed by atoms with Crippen molar-refractivity contribution in [2.24, 2.45) is 0 Å². The van der Waals surface area contributed by atoms with E-state index in [1.54, 1.807) is 36.4 Å². The summed E-state index contributed by atoms with van der Waals surface area (Å²) in [6.07, 6.45) is -3.51. The summed E-state index contributed by atoms with van der Waals surface area (Å²) in [5.41, 5.74) is 4.66. The molecular weight excluding hydrogens is 585 g/mol. The van der Waals surface area contributed by atoms with E-state index in [0.29, 0.717) is 17.4 Å². The van der Waals surface area contributed by atoms with Gasteiger partial charge < -0.3 is 10.1 Å². The maximum absolute atomic E-state index is 14.5. The molecule has 0 spiro atoms. The number of aromatic nitrogens is 1. The molecule has 1 amide bonds. The Kier molecular flexibility index (Phi) is 8.21. The van der Waals surface area contributed by atoms with Crippen LogP contribution in [0.5, 0.6) is 0 Å². The Labute approximate surface area is 256 Å². The number of alkyl halides is 3. The zero-order valence-electron chi connectivity index (χ0n) is 23.2. The molecule has 4 aromatic carbocycles. The average molecular weight is 611 g/mol. The van der Waals surface area contributed by atoms with Crippen molar-refractivity contribution in [1.82, 2.24) is 10.3 Å². The minimum atomic E-state index is -4.72. The van der Waals surface area contributed by atoms with Gasteiger partial charge in [0.2, 0.25) is 0 Å². The number of amides is 1. The molecule has 0 radical (unpaired) electrons. The van der Waals surface area contributed by atoms with Gasteiger partial charge >= 0.3 is 12.3 Å². The van der Waals surface area contributed by atoms with Gasteiger partial charge in [0, 0.05) is 29.1 Å². The van der Waals surface area contributed by atoms with Gasteiger partial charge in [-0.25, -0.2) is 9.78 Å². The molecule has 1 heterocycles. The highest BCUT2D eigenvalue weighted by Gasteiger charge is 2.36. The zero-order valence-corrected chi connectivity index (χ0v) is 24.0. The summed E-state index contributed by atoms with van der Waals surface area (Å²) in [6.45, 7) is -0.179. The fourth-order valence-electron chi connectivity index (χ4n) is 5.44. The molecule has 5 nitrogen and oxygen atoms in total. The minimum Gasteiger partial charge on any atom is -0.449 e. The molecule has 1 aliphatic rings. The van der Waals surface area contributed by atoms with E-state index < -0.39 is 17.8 Å². The van der Waals surface area contributed by atoms with Crippen molar-refractivity contribution in [1.29, 1.82) is 0 Å². The Bertz CT molecular complexity index is 1800. The number of nitrogens with one attached hydrogen (secondary N) is 1. The first-order valence-electron chi connectivity index (χ1n) is 13.8. The van der Waals surface area contributed by atoms with Crippen molar-refractivity contribution in [3.05, 3.63) is 137 Å². The van der Waals surface area contributed by atoms with Crippen LogP contribution in [0.4, 0.5) is 18.0 Å². The van der Waals surface area contributed by atoms with Crippen LogP contribution in [0, 0.1) is 0 Å². The highest BCUT2D eigenvalue weighted by molar-refractivity contribution is 7.99. The summed E-state index contributed by atoms with van der Waals surface area (Å²) < 4.78 is 49.2. The second kappa shape index (κ2) is 12.4. The average Bonchev–Trinajstić information content (AvgIpc) is 3.36. The first-order chi connectivity index (χ1) is 21.3. The molecule has 0 unspecified atom stereocenters. The number of aldehydes is 1. The lowest BCUT2D eigenvalue weighted by Crippen LogP contribution is -2.26. The number of fused-ring (bicyclic) bond motifs is 3. The third-order valence-electron chi connectivity index (χ3n) is 7.47.